The fourth-order valence-electron chi connectivity index (χ4n) is 3.29. The Labute approximate surface area is 134 Å². The van der Waals surface area contributed by atoms with Crippen molar-refractivity contribution in [1.82, 2.24) is 9.78 Å². The second-order valence-corrected chi connectivity index (χ2v) is 7.15. The number of benzene rings is 1. The first-order valence-corrected chi connectivity index (χ1v) is 8.44. The molecule has 1 fully saturated rings. The zero-order valence-corrected chi connectivity index (χ0v) is 14.2. The summed E-state index contributed by atoms with van der Waals surface area (Å²) in [6, 6.07) is 8.36. The summed E-state index contributed by atoms with van der Waals surface area (Å²) in [5, 5.41) is 4.74. The minimum absolute atomic E-state index is 0.545. The molecule has 0 radical (unpaired) electrons. The van der Waals surface area contributed by atoms with Crippen LogP contribution in [0.3, 0.4) is 0 Å². The Kier molecular flexibility index (Phi) is 4.07. The van der Waals surface area contributed by atoms with Gasteiger partial charge in [-0.3, -0.25) is 4.68 Å². The minimum atomic E-state index is 0.545. The molecule has 0 amide bonds. The topological polar surface area (TPSA) is 43.8 Å². The van der Waals surface area contributed by atoms with Crippen molar-refractivity contribution < 1.29 is 0 Å². The van der Waals surface area contributed by atoms with E-state index in [-0.39, 0.29) is 0 Å². The molecule has 0 unspecified atom stereocenters. The molecule has 0 spiro atoms. The zero-order valence-electron chi connectivity index (χ0n) is 12.6. The van der Waals surface area contributed by atoms with Gasteiger partial charge in [0, 0.05) is 23.0 Å². The van der Waals surface area contributed by atoms with Gasteiger partial charge in [0.15, 0.2) is 0 Å². The fourth-order valence-corrected chi connectivity index (χ4v) is 3.55. The molecule has 1 aromatic heterocycles. The van der Waals surface area contributed by atoms with Crippen molar-refractivity contribution in [2.24, 2.45) is 13.0 Å². The number of nitrogens with two attached hydrogens (primary N) is 1. The summed E-state index contributed by atoms with van der Waals surface area (Å²) >= 11 is 3.49. The lowest BCUT2D eigenvalue weighted by Crippen LogP contribution is -2.12. The molecule has 0 atom stereocenters. The van der Waals surface area contributed by atoms with Crippen molar-refractivity contribution in [3.8, 4) is 11.1 Å². The summed E-state index contributed by atoms with van der Waals surface area (Å²) in [6.07, 6.45) is 5.03. The highest BCUT2D eigenvalue weighted by molar-refractivity contribution is 9.10. The summed E-state index contributed by atoms with van der Waals surface area (Å²) in [4.78, 5) is 0. The van der Waals surface area contributed by atoms with Crippen molar-refractivity contribution in [3.05, 3.63) is 34.4 Å². The average molecular weight is 348 g/mol. The number of nitrogen functional groups attached to an aromatic ring is 1. The van der Waals surface area contributed by atoms with Gasteiger partial charge in [0.1, 0.15) is 5.82 Å². The Bertz CT molecular complexity index is 622. The van der Waals surface area contributed by atoms with Crippen LogP contribution in [-0.2, 0) is 7.05 Å². The van der Waals surface area contributed by atoms with E-state index in [1.54, 1.807) is 0 Å². The number of aromatic nitrogens is 2. The number of aryl methyl sites for hydroxylation is 1. The second-order valence-electron chi connectivity index (χ2n) is 6.23. The van der Waals surface area contributed by atoms with Gasteiger partial charge in [0.2, 0.25) is 0 Å². The number of nitrogens with zero attached hydrogens (tertiary/aromatic N) is 2. The van der Waals surface area contributed by atoms with E-state index in [1.165, 1.54) is 31.4 Å². The molecule has 112 valence electrons. The highest BCUT2D eigenvalue weighted by atomic mass is 79.9. The van der Waals surface area contributed by atoms with Gasteiger partial charge in [-0.15, -0.1) is 0 Å². The number of rotatable bonds is 2. The van der Waals surface area contributed by atoms with Crippen molar-refractivity contribution in [2.45, 2.75) is 38.5 Å². The van der Waals surface area contributed by atoms with Crippen LogP contribution >= 0.6 is 15.9 Å². The van der Waals surface area contributed by atoms with Gasteiger partial charge in [-0.2, -0.15) is 5.10 Å². The molecule has 1 saturated carbocycles. The number of hydrogen-bond donors (Lipinski definition) is 1. The van der Waals surface area contributed by atoms with E-state index >= 15 is 0 Å². The summed E-state index contributed by atoms with van der Waals surface area (Å²) in [5.74, 6) is 2.16. The summed E-state index contributed by atoms with van der Waals surface area (Å²) in [6.45, 7) is 2.35. The highest BCUT2D eigenvalue weighted by Crippen LogP contribution is 2.41. The monoisotopic (exact) mass is 347 g/mol. The Morgan fingerprint density at radius 2 is 1.76 bits per heavy atom. The van der Waals surface area contributed by atoms with E-state index in [9.17, 15) is 0 Å². The Hall–Kier alpha value is -1.29. The second kappa shape index (κ2) is 5.84. The van der Waals surface area contributed by atoms with E-state index in [1.807, 2.05) is 11.7 Å². The van der Waals surface area contributed by atoms with Crippen molar-refractivity contribution >= 4 is 21.7 Å². The van der Waals surface area contributed by atoms with E-state index < -0.39 is 0 Å². The number of anilines is 1. The third-order valence-corrected chi connectivity index (χ3v) is 5.18. The maximum Gasteiger partial charge on any atom is 0.129 e. The number of halogens is 1. The fraction of sp³-hybridized carbons (Fsp3) is 0.471. The van der Waals surface area contributed by atoms with Gasteiger partial charge in [-0.1, -0.05) is 47.8 Å². The third-order valence-electron chi connectivity index (χ3n) is 4.65. The van der Waals surface area contributed by atoms with Crippen molar-refractivity contribution in [2.75, 3.05) is 5.73 Å². The molecule has 3 rings (SSSR count). The molecule has 1 heterocycles. The van der Waals surface area contributed by atoms with Gasteiger partial charge < -0.3 is 5.73 Å². The smallest absolute Gasteiger partial charge is 0.129 e. The largest absolute Gasteiger partial charge is 0.383 e. The predicted molar refractivity (Wildman–Crippen MR) is 91.1 cm³/mol. The van der Waals surface area contributed by atoms with Gasteiger partial charge in [0.05, 0.1) is 5.69 Å². The third kappa shape index (κ3) is 2.86. The molecular weight excluding hydrogens is 326 g/mol. The van der Waals surface area contributed by atoms with E-state index in [0.717, 1.165) is 27.3 Å². The van der Waals surface area contributed by atoms with Crippen molar-refractivity contribution in [3.63, 3.8) is 0 Å². The van der Waals surface area contributed by atoms with Gasteiger partial charge in [-0.25, -0.2) is 0 Å². The standard InChI is InChI=1S/C17H22BrN3/c1-11-3-5-13(6-4-11)16-15(17(19)21(2)20-16)12-7-9-14(18)10-8-12/h7-11,13H,3-6,19H2,1-2H3. The molecule has 2 N–H and O–H groups in total. The molecule has 21 heavy (non-hydrogen) atoms. The Morgan fingerprint density at radius 1 is 1.14 bits per heavy atom. The van der Waals surface area contributed by atoms with Gasteiger partial charge in [0.25, 0.3) is 0 Å². The van der Waals surface area contributed by atoms with E-state index in [0.29, 0.717) is 5.92 Å². The molecule has 0 aliphatic heterocycles. The van der Waals surface area contributed by atoms with Crippen LogP contribution < -0.4 is 5.73 Å². The molecule has 1 aromatic carbocycles. The normalized spacial score (nSPS) is 22.4. The zero-order chi connectivity index (χ0) is 15.0. The summed E-state index contributed by atoms with van der Waals surface area (Å²) < 4.78 is 2.91. The molecule has 3 nitrogen and oxygen atoms in total. The summed E-state index contributed by atoms with van der Waals surface area (Å²) in [7, 11) is 1.94. The maximum absolute atomic E-state index is 6.30. The molecular formula is C17H22BrN3. The van der Waals surface area contributed by atoms with Crippen LogP contribution in [0.5, 0.6) is 0 Å². The number of hydrogen-bond acceptors (Lipinski definition) is 2. The van der Waals surface area contributed by atoms with Gasteiger partial charge in [-0.05, 0) is 36.5 Å². The van der Waals surface area contributed by atoms with Crippen LogP contribution in [-0.4, -0.2) is 9.78 Å². The van der Waals surface area contributed by atoms with Crippen LogP contribution in [0.15, 0.2) is 28.7 Å². The average Bonchev–Trinajstić information content (AvgIpc) is 2.77. The quantitative estimate of drug-likeness (QED) is 0.853. The Balaban J connectivity index is 2.01. The first kappa shape index (κ1) is 14.6. The SMILES string of the molecule is CC1CCC(c2nn(C)c(N)c2-c2ccc(Br)cc2)CC1. The molecule has 2 aromatic rings. The van der Waals surface area contributed by atoms with Crippen LogP contribution in [0, 0.1) is 5.92 Å². The van der Waals surface area contributed by atoms with Crippen LogP contribution in [0.1, 0.15) is 44.2 Å². The lowest BCUT2D eigenvalue weighted by Gasteiger charge is -2.25. The molecule has 1 aliphatic carbocycles. The molecule has 0 saturated heterocycles. The minimum Gasteiger partial charge on any atom is -0.383 e. The maximum atomic E-state index is 6.30. The predicted octanol–water partition coefficient (Wildman–Crippen LogP) is 4.73. The molecule has 0 bridgehead atoms. The van der Waals surface area contributed by atoms with Crippen molar-refractivity contribution in [1.29, 1.82) is 0 Å². The van der Waals surface area contributed by atoms with Crippen LogP contribution in [0.2, 0.25) is 0 Å². The Morgan fingerprint density at radius 3 is 2.38 bits per heavy atom. The lowest BCUT2D eigenvalue weighted by atomic mass is 9.80. The van der Waals surface area contributed by atoms with E-state index in [2.05, 4.69) is 47.1 Å². The van der Waals surface area contributed by atoms with E-state index in [4.69, 9.17) is 10.8 Å². The van der Waals surface area contributed by atoms with Crippen LogP contribution in [0.4, 0.5) is 5.82 Å². The first-order valence-electron chi connectivity index (χ1n) is 7.64. The molecule has 1 aliphatic rings. The van der Waals surface area contributed by atoms with Crippen LogP contribution in [0.25, 0.3) is 11.1 Å². The highest BCUT2D eigenvalue weighted by Gasteiger charge is 2.26. The summed E-state index contributed by atoms with van der Waals surface area (Å²) in [5.41, 5.74) is 9.77. The lowest BCUT2D eigenvalue weighted by molar-refractivity contribution is 0.343. The van der Waals surface area contributed by atoms with Gasteiger partial charge >= 0.3 is 0 Å². The first-order chi connectivity index (χ1) is 10.1. The molecule has 4 heteroatoms.